The summed E-state index contributed by atoms with van der Waals surface area (Å²) >= 11 is 0. The van der Waals surface area contributed by atoms with Gasteiger partial charge < -0.3 is 20.9 Å². The third kappa shape index (κ3) is 5.04. The van der Waals surface area contributed by atoms with Gasteiger partial charge in [-0.2, -0.15) is 0 Å². The number of carbonyl (C=O) groups is 2. The van der Waals surface area contributed by atoms with Gasteiger partial charge in [-0.3, -0.25) is 4.79 Å². The Morgan fingerprint density at radius 2 is 1.64 bits per heavy atom. The fourth-order valence-electron chi connectivity index (χ4n) is 4.07. The molecule has 3 N–H and O–H groups in total. The quantitative estimate of drug-likeness (QED) is 0.817. The van der Waals surface area contributed by atoms with Gasteiger partial charge in [-0.15, -0.1) is 0 Å². The van der Waals surface area contributed by atoms with Gasteiger partial charge in [0.15, 0.2) is 0 Å². The Morgan fingerprint density at radius 3 is 2.29 bits per heavy atom. The SMILES string of the molecule is CC(C)c1ccc(C(N)CNC(=O)C2CCCN(C(=O)N3CCCC3)C2)cc1. The van der Waals surface area contributed by atoms with Crippen LogP contribution in [0.25, 0.3) is 0 Å². The molecule has 6 nitrogen and oxygen atoms in total. The molecule has 1 aromatic carbocycles. The van der Waals surface area contributed by atoms with Crippen LogP contribution >= 0.6 is 0 Å². The maximum absolute atomic E-state index is 12.6. The summed E-state index contributed by atoms with van der Waals surface area (Å²) in [5.74, 6) is 0.353. The smallest absolute Gasteiger partial charge is 0.320 e. The molecule has 2 unspecified atom stereocenters. The minimum atomic E-state index is -0.226. The van der Waals surface area contributed by atoms with E-state index in [4.69, 9.17) is 5.73 Å². The van der Waals surface area contributed by atoms with Crippen LogP contribution in [0.1, 0.15) is 62.6 Å². The molecule has 0 spiro atoms. The lowest BCUT2D eigenvalue weighted by Gasteiger charge is -2.34. The van der Waals surface area contributed by atoms with Crippen molar-refractivity contribution in [2.45, 2.75) is 51.5 Å². The number of nitrogens with two attached hydrogens (primary N) is 1. The van der Waals surface area contributed by atoms with Crippen molar-refractivity contribution in [1.29, 1.82) is 0 Å². The molecule has 2 heterocycles. The zero-order valence-corrected chi connectivity index (χ0v) is 17.2. The van der Waals surface area contributed by atoms with Crippen molar-refractivity contribution < 1.29 is 9.59 Å². The van der Waals surface area contributed by atoms with E-state index in [1.165, 1.54) is 5.56 Å². The molecule has 6 heteroatoms. The Labute approximate surface area is 168 Å². The first-order valence-electron chi connectivity index (χ1n) is 10.6. The topological polar surface area (TPSA) is 78.7 Å². The molecule has 3 rings (SSSR count). The first-order valence-corrected chi connectivity index (χ1v) is 10.6. The lowest BCUT2D eigenvalue weighted by molar-refractivity contribution is -0.126. The fraction of sp³-hybridized carbons (Fsp3) is 0.636. The van der Waals surface area contributed by atoms with Crippen LogP contribution in [0.15, 0.2) is 24.3 Å². The predicted octanol–water partition coefficient (Wildman–Crippen LogP) is 2.85. The minimum absolute atomic E-state index is 0.00757. The van der Waals surface area contributed by atoms with Crippen LogP contribution in [0.2, 0.25) is 0 Å². The predicted molar refractivity (Wildman–Crippen MR) is 111 cm³/mol. The molecular weight excluding hydrogens is 352 g/mol. The van der Waals surface area contributed by atoms with Gasteiger partial charge in [0.05, 0.1) is 5.92 Å². The molecule has 0 aromatic heterocycles. The number of hydrogen-bond acceptors (Lipinski definition) is 3. The Hall–Kier alpha value is -2.08. The summed E-state index contributed by atoms with van der Waals surface area (Å²) in [6.07, 6.45) is 3.87. The van der Waals surface area contributed by atoms with Crippen molar-refractivity contribution in [2.24, 2.45) is 11.7 Å². The monoisotopic (exact) mass is 386 g/mol. The van der Waals surface area contributed by atoms with Crippen LogP contribution in [-0.2, 0) is 4.79 Å². The molecule has 2 atom stereocenters. The Balaban J connectivity index is 1.49. The molecule has 0 radical (unpaired) electrons. The van der Waals surface area contributed by atoms with Gasteiger partial charge in [0.2, 0.25) is 5.91 Å². The summed E-state index contributed by atoms with van der Waals surface area (Å²) in [5, 5.41) is 3.00. The summed E-state index contributed by atoms with van der Waals surface area (Å²) in [4.78, 5) is 29.0. The fourth-order valence-corrected chi connectivity index (χ4v) is 4.07. The number of carbonyl (C=O) groups excluding carboxylic acids is 2. The molecule has 1 aromatic rings. The maximum atomic E-state index is 12.6. The number of urea groups is 1. The highest BCUT2D eigenvalue weighted by molar-refractivity contribution is 5.81. The zero-order valence-electron chi connectivity index (χ0n) is 17.2. The molecule has 154 valence electrons. The first kappa shape index (κ1) is 20.6. The molecule has 2 aliphatic heterocycles. The van der Waals surface area contributed by atoms with Crippen LogP contribution in [0, 0.1) is 5.92 Å². The lowest BCUT2D eigenvalue weighted by atomic mass is 9.96. The average molecular weight is 387 g/mol. The standard InChI is InChI=1S/C22H34N4O2/c1-16(2)17-7-9-18(10-8-17)20(23)14-24-21(27)19-6-5-13-26(15-19)22(28)25-11-3-4-12-25/h7-10,16,19-20H,3-6,11-15,23H2,1-2H3,(H,24,27). The molecular formula is C22H34N4O2. The Morgan fingerprint density at radius 1 is 1.04 bits per heavy atom. The van der Waals surface area contributed by atoms with Crippen molar-refractivity contribution in [3.63, 3.8) is 0 Å². The number of benzene rings is 1. The zero-order chi connectivity index (χ0) is 20.1. The molecule has 0 saturated carbocycles. The Kier molecular flexibility index (Phi) is 6.94. The van der Waals surface area contributed by atoms with E-state index >= 15 is 0 Å². The highest BCUT2D eigenvalue weighted by Gasteiger charge is 2.31. The number of hydrogen-bond donors (Lipinski definition) is 2. The summed E-state index contributed by atoms with van der Waals surface area (Å²) in [6, 6.07) is 8.16. The van der Waals surface area contributed by atoms with Gasteiger partial charge in [-0.05, 0) is 42.7 Å². The van der Waals surface area contributed by atoms with Crippen molar-refractivity contribution in [3.8, 4) is 0 Å². The van der Waals surface area contributed by atoms with Gasteiger partial charge in [0.25, 0.3) is 0 Å². The number of piperidine rings is 1. The van der Waals surface area contributed by atoms with Crippen molar-refractivity contribution in [3.05, 3.63) is 35.4 Å². The minimum Gasteiger partial charge on any atom is -0.354 e. The van der Waals surface area contributed by atoms with Gasteiger partial charge in [-0.1, -0.05) is 38.1 Å². The molecule has 0 aliphatic carbocycles. The van der Waals surface area contributed by atoms with Crippen LogP contribution in [-0.4, -0.2) is 54.5 Å². The third-order valence-electron chi connectivity index (χ3n) is 5.97. The summed E-state index contributed by atoms with van der Waals surface area (Å²) in [6.45, 7) is 7.69. The van der Waals surface area contributed by atoms with E-state index in [1.54, 1.807) is 0 Å². The van der Waals surface area contributed by atoms with E-state index < -0.39 is 0 Å². The highest BCUT2D eigenvalue weighted by atomic mass is 16.2. The second-order valence-corrected chi connectivity index (χ2v) is 8.43. The van der Waals surface area contributed by atoms with E-state index in [9.17, 15) is 9.59 Å². The largest absolute Gasteiger partial charge is 0.354 e. The van der Waals surface area contributed by atoms with Gasteiger partial charge >= 0.3 is 6.03 Å². The average Bonchev–Trinajstić information content (AvgIpc) is 3.26. The first-order chi connectivity index (χ1) is 13.5. The molecule has 2 fully saturated rings. The number of likely N-dealkylation sites (tertiary alicyclic amines) is 2. The summed E-state index contributed by atoms with van der Waals surface area (Å²) in [5.41, 5.74) is 8.58. The normalized spacial score (nSPS) is 21.1. The molecule has 0 bridgehead atoms. The number of rotatable bonds is 5. The van der Waals surface area contributed by atoms with Gasteiger partial charge in [0.1, 0.15) is 0 Å². The molecule has 28 heavy (non-hydrogen) atoms. The lowest BCUT2D eigenvalue weighted by Crippen LogP contribution is -2.50. The summed E-state index contributed by atoms with van der Waals surface area (Å²) in [7, 11) is 0. The van der Waals surface area contributed by atoms with E-state index in [0.29, 0.717) is 19.0 Å². The van der Waals surface area contributed by atoms with Crippen LogP contribution in [0.5, 0.6) is 0 Å². The van der Waals surface area contributed by atoms with E-state index in [0.717, 1.165) is 50.9 Å². The summed E-state index contributed by atoms with van der Waals surface area (Å²) < 4.78 is 0. The Bertz CT molecular complexity index is 668. The number of amides is 3. The van der Waals surface area contributed by atoms with E-state index in [-0.39, 0.29) is 23.9 Å². The van der Waals surface area contributed by atoms with Gasteiger partial charge in [-0.25, -0.2) is 4.79 Å². The van der Waals surface area contributed by atoms with Crippen molar-refractivity contribution >= 4 is 11.9 Å². The number of nitrogens with one attached hydrogen (secondary N) is 1. The van der Waals surface area contributed by atoms with E-state index in [2.05, 4.69) is 31.3 Å². The number of nitrogens with zero attached hydrogens (tertiary/aromatic N) is 2. The second-order valence-electron chi connectivity index (χ2n) is 8.43. The van der Waals surface area contributed by atoms with Crippen LogP contribution < -0.4 is 11.1 Å². The highest BCUT2D eigenvalue weighted by Crippen LogP contribution is 2.21. The van der Waals surface area contributed by atoms with Crippen molar-refractivity contribution in [1.82, 2.24) is 15.1 Å². The van der Waals surface area contributed by atoms with E-state index in [1.807, 2.05) is 21.9 Å². The van der Waals surface area contributed by atoms with Crippen molar-refractivity contribution in [2.75, 3.05) is 32.7 Å². The molecule has 3 amide bonds. The van der Waals surface area contributed by atoms with Gasteiger partial charge in [0, 0.05) is 38.8 Å². The maximum Gasteiger partial charge on any atom is 0.320 e. The molecule has 2 saturated heterocycles. The van der Waals surface area contributed by atoms with Crippen LogP contribution in [0.3, 0.4) is 0 Å². The molecule has 2 aliphatic rings. The van der Waals surface area contributed by atoms with Crippen LogP contribution in [0.4, 0.5) is 4.79 Å². The third-order valence-corrected chi connectivity index (χ3v) is 5.97. The second kappa shape index (κ2) is 9.41.